The Morgan fingerprint density at radius 1 is 1.14 bits per heavy atom. The lowest BCUT2D eigenvalue weighted by molar-refractivity contribution is -0.120. The third kappa shape index (κ3) is 7.41. The summed E-state index contributed by atoms with van der Waals surface area (Å²) in [5.41, 5.74) is 1.06. The maximum atomic E-state index is 11.9. The predicted molar refractivity (Wildman–Crippen MR) is 119 cm³/mol. The number of para-hydroxylation sites is 1. The molecule has 0 unspecified atom stereocenters. The number of nitrogens with one attached hydrogen (secondary N) is 3. The van der Waals surface area contributed by atoms with Gasteiger partial charge in [-0.15, -0.1) is 24.0 Å². The molecule has 0 bridgehead atoms. The van der Waals surface area contributed by atoms with Crippen LogP contribution in [0.25, 0.3) is 0 Å². The van der Waals surface area contributed by atoms with Crippen LogP contribution in [-0.4, -0.2) is 32.1 Å². The molecular weight excluding hydrogens is 471 g/mol. The predicted octanol–water partition coefficient (Wildman–Crippen LogP) is 2.67. The number of guanidine groups is 1. The van der Waals surface area contributed by atoms with Crippen molar-refractivity contribution in [3.8, 4) is 5.75 Å². The van der Waals surface area contributed by atoms with Crippen molar-refractivity contribution < 1.29 is 13.9 Å². The molecule has 0 saturated heterocycles. The lowest BCUT2D eigenvalue weighted by Gasteiger charge is -2.14. The fourth-order valence-corrected chi connectivity index (χ4v) is 2.51. The van der Waals surface area contributed by atoms with Gasteiger partial charge in [0, 0.05) is 19.2 Å². The molecule has 1 aliphatic carbocycles. The van der Waals surface area contributed by atoms with Gasteiger partial charge in [-0.05, 0) is 37.0 Å². The van der Waals surface area contributed by atoms with Gasteiger partial charge >= 0.3 is 0 Å². The highest BCUT2D eigenvalue weighted by molar-refractivity contribution is 14.0. The van der Waals surface area contributed by atoms with Crippen LogP contribution in [0, 0.1) is 5.92 Å². The summed E-state index contributed by atoms with van der Waals surface area (Å²) in [6.07, 6.45) is 4.11. The van der Waals surface area contributed by atoms with Gasteiger partial charge in [-0.25, -0.2) is 0 Å². The van der Waals surface area contributed by atoms with Crippen LogP contribution in [-0.2, 0) is 17.9 Å². The summed E-state index contributed by atoms with van der Waals surface area (Å²) in [7, 11) is 1.67. The van der Waals surface area contributed by atoms with Crippen LogP contribution < -0.4 is 20.7 Å². The average molecular weight is 498 g/mol. The summed E-state index contributed by atoms with van der Waals surface area (Å²) >= 11 is 0. The molecule has 152 valence electrons. The van der Waals surface area contributed by atoms with Crippen molar-refractivity contribution in [3.05, 3.63) is 54.0 Å². The Labute approximate surface area is 182 Å². The van der Waals surface area contributed by atoms with Gasteiger partial charge in [0.1, 0.15) is 11.5 Å². The SMILES string of the molecule is CN=C(NCC(=O)NCc1ccco1)NCc1ccccc1OCC1CC1.I. The van der Waals surface area contributed by atoms with Crippen LogP contribution in [0.3, 0.4) is 0 Å². The third-order valence-corrected chi connectivity index (χ3v) is 4.27. The Morgan fingerprint density at radius 3 is 2.68 bits per heavy atom. The highest BCUT2D eigenvalue weighted by atomic mass is 127. The van der Waals surface area contributed by atoms with Crippen molar-refractivity contribution >= 4 is 35.8 Å². The molecule has 2 aromatic rings. The van der Waals surface area contributed by atoms with Gasteiger partial charge in [0.05, 0.1) is 26.0 Å². The molecule has 1 aromatic heterocycles. The van der Waals surface area contributed by atoms with Crippen LogP contribution in [0.15, 0.2) is 52.1 Å². The zero-order chi connectivity index (χ0) is 18.9. The normalized spacial score (nSPS) is 13.4. The first-order valence-corrected chi connectivity index (χ1v) is 9.19. The monoisotopic (exact) mass is 498 g/mol. The number of amides is 1. The van der Waals surface area contributed by atoms with Gasteiger partial charge in [-0.3, -0.25) is 9.79 Å². The lowest BCUT2D eigenvalue weighted by Crippen LogP contribution is -2.42. The number of rotatable bonds is 9. The minimum absolute atomic E-state index is 0. The van der Waals surface area contributed by atoms with Crippen molar-refractivity contribution in [3.63, 3.8) is 0 Å². The maximum Gasteiger partial charge on any atom is 0.239 e. The minimum Gasteiger partial charge on any atom is -0.493 e. The van der Waals surface area contributed by atoms with Crippen LogP contribution in [0.4, 0.5) is 0 Å². The van der Waals surface area contributed by atoms with E-state index in [9.17, 15) is 4.79 Å². The van der Waals surface area contributed by atoms with E-state index in [1.54, 1.807) is 19.4 Å². The zero-order valence-corrected chi connectivity index (χ0v) is 18.3. The Hall–Kier alpha value is -2.23. The number of hydrogen-bond donors (Lipinski definition) is 3. The fourth-order valence-electron chi connectivity index (χ4n) is 2.51. The fraction of sp³-hybridized carbons (Fsp3) is 0.400. The van der Waals surface area contributed by atoms with Crippen molar-refractivity contribution in [1.29, 1.82) is 0 Å². The second-order valence-corrected chi connectivity index (χ2v) is 6.50. The van der Waals surface area contributed by atoms with E-state index >= 15 is 0 Å². The highest BCUT2D eigenvalue weighted by Gasteiger charge is 2.22. The van der Waals surface area contributed by atoms with Gasteiger partial charge in [0.15, 0.2) is 5.96 Å². The number of hydrogen-bond acceptors (Lipinski definition) is 4. The number of nitrogens with zero attached hydrogens (tertiary/aromatic N) is 1. The van der Waals surface area contributed by atoms with Crippen molar-refractivity contribution in [2.75, 3.05) is 20.2 Å². The molecule has 0 aliphatic heterocycles. The Balaban J connectivity index is 0.00000280. The average Bonchev–Trinajstić information content (AvgIpc) is 3.38. The Kier molecular flexibility index (Phi) is 9.12. The lowest BCUT2D eigenvalue weighted by atomic mass is 10.2. The number of benzene rings is 1. The van der Waals surface area contributed by atoms with Crippen molar-refractivity contribution in [1.82, 2.24) is 16.0 Å². The van der Waals surface area contributed by atoms with Gasteiger partial charge in [0.2, 0.25) is 5.91 Å². The van der Waals surface area contributed by atoms with E-state index in [-0.39, 0.29) is 36.4 Å². The largest absolute Gasteiger partial charge is 0.493 e. The summed E-state index contributed by atoms with van der Waals surface area (Å²) < 4.78 is 11.1. The first-order chi connectivity index (χ1) is 13.2. The van der Waals surface area contributed by atoms with Gasteiger partial charge < -0.3 is 25.1 Å². The summed E-state index contributed by atoms with van der Waals surface area (Å²) in [6, 6.07) is 11.6. The van der Waals surface area contributed by atoms with Gasteiger partial charge in [-0.1, -0.05) is 18.2 Å². The zero-order valence-electron chi connectivity index (χ0n) is 15.9. The number of ether oxygens (including phenoxy) is 1. The standard InChI is InChI=1S/C20H26N4O3.HI/c1-21-20(24-13-19(25)22-12-17-6-4-10-26-17)23-11-16-5-2-3-7-18(16)27-14-15-8-9-15;/h2-7,10,15H,8-9,11-14H2,1H3,(H,22,25)(H2,21,23,24);1H. The van der Waals surface area contributed by atoms with Gasteiger partial charge in [-0.2, -0.15) is 0 Å². The Bertz CT molecular complexity index is 761. The maximum absolute atomic E-state index is 11.9. The molecule has 8 heteroatoms. The van der Waals surface area contributed by atoms with Crippen LogP contribution in [0.5, 0.6) is 5.75 Å². The topological polar surface area (TPSA) is 87.9 Å². The molecule has 1 saturated carbocycles. The summed E-state index contributed by atoms with van der Waals surface area (Å²) in [5, 5.41) is 9.00. The van der Waals surface area contributed by atoms with E-state index in [0.717, 1.165) is 17.9 Å². The summed E-state index contributed by atoms with van der Waals surface area (Å²) in [6.45, 7) is 1.83. The minimum atomic E-state index is -0.137. The van der Waals surface area contributed by atoms with Crippen molar-refractivity contribution in [2.24, 2.45) is 10.9 Å². The summed E-state index contributed by atoms with van der Waals surface area (Å²) in [5.74, 6) is 2.74. The second-order valence-electron chi connectivity index (χ2n) is 6.50. The van der Waals surface area contributed by atoms with Crippen LogP contribution in [0.1, 0.15) is 24.2 Å². The van der Waals surface area contributed by atoms with Crippen LogP contribution >= 0.6 is 24.0 Å². The third-order valence-electron chi connectivity index (χ3n) is 4.27. The molecule has 1 heterocycles. The van der Waals surface area contributed by atoms with E-state index in [1.165, 1.54) is 12.8 Å². The smallest absolute Gasteiger partial charge is 0.239 e. The second kappa shape index (κ2) is 11.6. The number of furan rings is 1. The number of halogens is 1. The van der Waals surface area contributed by atoms with E-state index in [2.05, 4.69) is 20.9 Å². The molecule has 7 nitrogen and oxygen atoms in total. The molecule has 1 aliphatic rings. The summed E-state index contributed by atoms with van der Waals surface area (Å²) in [4.78, 5) is 16.1. The Morgan fingerprint density at radius 2 is 1.96 bits per heavy atom. The molecule has 1 aromatic carbocycles. The molecule has 28 heavy (non-hydrogen) atoms. The van der Waals surface area contributed by atoms with Gasteiger partial charge in [0.25, 0.3) is 0 Å². The number of aliphatic imine (C=N–C) groups is 1. The number of carbonyl (C=O) groups excluding carboxylic acids is 1. The van der Waals surface area contributed by atoms with E-state index in [1.807, 2.05) is 30.3 Å². The van der Waals surface area contributed by atoms with E-state index in [4.69, 9.17) is 9.15 Å². The highest BCUT2D eigenvalue weighted by Crippen LogP contribution is 2.30. The molecule has 3 N–H and O–H groups in total. The molecule has 0 radical (unpaired) electrons. The van der Waals surface area contributed by atoms with E-state index < -0.39 is 0 Å². The first-order valence-electron chi connectivity index (χ1n) is 9.19. The molecule has 0 atom stereocenters. The quantitative estimate of drug-likeness (QED) is 0.281. The molecule has 1 fully saturated rings. The molecule has 3 rings (SSSR count). The van der Waals surface area contributed by atoms with E-state index in [0.29, 0.717) is 30.7 Å². The molecular formula is C20H27IN4O3. The first kappa shape index (κ1) is 22.1. The molecule has 0 spiro atoms. The molecule has 1 amide bonds. The number of carbonyl (C=O) groups is 1. The van der Waals surface area contributed by atoms with Crippen LogP contribution in [0.2, 0.25) is 0 Å². The van der Waals surface area contributed by atoms with Crippen molar-refractivity contribution in [2.45, 2.75) is 25.9 Å².